The standard InChI is InChI=1S/C36H43N3O7/c1-23(2)19-31(46-36(42)45-27-15-9-6-10-16-27)33(40)37-29(20-26-21-39(4)30-18-12-11-17-28(26)30)34-38-32(24(3)44-34)35(41)43-22-25-13-7-5-8-14-25/h5,7-8,11-14,17-18,21,23,27,29,31H,6,9-10,15-16,19-20,22H2,1-4H3,(H,37,40)/t29-,31+/m1/s1. The fourth-order valence-electron chi connectivity index (χ4n) is 5.92. The molecule has 1 N–H and O–H groups in total. The van der Waals surface area contributed by atoms with Crippen LogP contribution in [-0.2, 0) is 39.1 Å². The molecule has 10 nitrogen and oxygen atoms in total. The van der Waals surface area contributed by atoms with E-state index in [2.05, 4.69) is 10.3 Å². The number of fused-ring (bicyclic) bond motifs is 1. The molecule has 0 spiro atoms. The lowest BCUT2D eigenvalue weighted by atomic mass is 9.98. The zero-order valence-electron chi connectivity index (χ0n) is 27.0. The quantitative estimate of drug-likeness (QED) is 0.164. The largest absolute Gasteiger partial charge is 0.509 e. The number of para-hydroxylation sites is 1. The number of esters is 1. The van der Waals surface area contributed by atoms with Gasteiger partial charge in [0.1, 0.15) is 24.5 Å². The summed E-state index contributed by atoms with van der Waals surface area (Å²) in [5.41, 5.74) is 2.86. The second kappa shape index (κ2) is 15.1. The molecule has 4 aromatic rings. The second-order valence-corrected chi connectivity index (χ2v) is 12.4. The van der Waals surface area contributed by atoms with Crippen molar-refractivity contribution in [1.29, 1.82) is 0 Å². The summed E-state index contributed by atoms with van der Waals surface area (Å²) in [7, 11) is 1.96. The number of aromatic nitrogens is 2. The molecule has 2 aromatic heterocycles. The number of amides is 1. The van der Waals surface area contributed by atoms with Gasteiger partial charge >= 0.3 is 12.1 Å². The molecule has 2 heterocycles. The van der Waals surface area contributed by atoms with Crippen molar-refractivity contribution in [3.8, 4) is 0 Å². The molecule has 1 fully saturated rings. The number of hydrogen-bond donors (Lipinski definition) is 1. The molecule has 10 heteroatoms. The Balaban J connectivity index is 1.38. The monoisotopic (exact) mass is 629 g/mol. The average Bonchev–Trinajstić information content (AvgIpc) is 3.59. The van der Waals surface area contributed by atoms with Gasteiger partial charge in [-0.15, -0.1) is 0 Å². The zero-order valence-corrected chi connectivity index (χ0v) is 27.0. The van der Waals surface area contributed by atoms with Crippen molar-refractivity contribution in [3.63, 3.8) is 0 Å². The summed E-state index contributed by atoms with van der Waals surface area (Å²) in [6, 6.07) is 16.5. The maximum Gasteiger partial charge on any atom is 0.509 e. The number of nitrogens with zero attached hydrogens (tertiary/aromatic N) is 2. The van der Waals surface area contributed by atoms with Crippen molar-refractivity contribution in [2.45, 2.75) is 90.6 Å². The SMILES string of the molecule is Cc1oc([C@@H](Cc2cn(C)c3ccccc23)NC(=O)[C@H](CC(C)C)OC(=O)OC2CCCCC2)nc1C(=O)OCc1ccccc1. The van der Waals surface area contributed by atoms with Gasteiger partial charge in [-0.25, -0.2) is 14.6 Å². The van der Waals surface area contributed by atoms with E-state index in [0.717, 1.165) is 54.1 Å². The smallest absolute Gasteiger partial charge is 0.456 e. The van der Waals surface area contributed by atoms with Gasteiger partial charge in [0, 0.05) is 30.6 Å². The Kier molecular flexibility index (Phi) is 10.8. The van der Waals surface area contributed by atoms with E-state index in [4.69, 9.17) is 18.6 Å². The van der Waals surface area contributed by atoms with Crippen LogP contribution >= 0.6 is 0 Å². The number of oxazole rings is 1. The van der Waals surface area contributed by atoms with Gasteiger partial charge in [0.25, 0.3) is 5.91 Å². The molecule has 0 unspecified atom stereocenters. The van der Waals surface area contributed by atoms with Crippen LogP contribution in [0, 0.1) is 12.8 Å². The fourth-order valence-corrected chi connectivity index (χ4v) is 5.92. The highest BCUT2D eigenvalue weighted by Gasteiger charge is 2.32. The van der Waals surface area contributed by atoms with Crippen LogP contribution < -0.4 is 5.32 Å². The first-order valence-corrected chi connectivity index (χ1v) is 16.1. The highest BCUT2D eigenvalue weighted by Crippen LogP contribution is 2.28. The molecule has 46 heavy (non-hydrogen) atoms. The first kappa shape index (κ1) is 32.8. The van der Waals surface area contributed by atoms with E-state index >= 15 is 0 Å². The number of carbonyl (C=O) groups excluding carboxylic acids is 3. The molecule has 0 aliphatic heterocycles. The Morgan fingerprint density at radius 3 is 2.48 bits per heavy atom. The van der Waals surface area contributed by atoms with Crippen molar-refractivity contribution in [3.05, 3.63) is 89.3 Å². The molecular weight excluding hydrogens is 586 g/mol. The molecule has 2 aromatic carbocycles. The van der Waals surface area contributed by atoms with Gasteiger partial charge in [-0.1, -0.05) is 68.8 Å². The molecule has 2 atom stereocenters. The first-order chi connectivity index (χ1) is 22.2. The third kappa shape index (κ3) is 8.35. The Bertz CT molecular complexity index is 1640. The van der Waals surface area contributed by atoms with Crippen LogP contribution in [0.2, 0.25) is 0 Å². The summed E-state index contributed by atoms with van der Waals surface area (Å²) in [5, 5.41) is 4.03. The second-order valence-electron chi connectivity index (χ2n) is 12.4. The Morgan fingerprint density at radius 2 is 1.74 bits per heavy atom. The highest BCUT2D eigenvalue weighted by atomic mass is 16.7. The van der Waals surface area contributed by atoms with Crippen LogP contribution in [0.25, 0.3) is 10.9 Å². The van der Waals surface area contributed by atoms with Crippen molar-refractivity contribution in [2.24, 2.45) is 13.0 Å². The van der Waals surface area contributed by atoms with Crippen LogP contribution in [-0.4, -0.2) is 39.8 Å². The predicted octanol–water partition coefficient (Wildman–Crippen LogP) is 7.13. The number of hydrogen-bond acceptors (Lipinski definition) is 8. The van der Waals surface area contributed by atoms with Gasteiger partial charge in [-0.3, -0.25) is 4.79 Å². The van der Waals surface area contributed by atoms with E-state index < -0.39 is 30.2 Å². The Labute approximate surface area is 269 Å². The lowest BCUT2D eigenvalue weighted by molar-refractivity contribution is -0.133. The van der Waals surface area contributed by atoms with Gasteiger partial charge in [-0.2, -0.15) is 0 Å². The maximum absolute atomic E-state index is 13.8. The minimum absolute atomic E-state index is 0.0362. The molecule has 1 aliphatic carbocycles. The number of carbonyl (C=O) groups is 3. The summed E-state index contributed by atoms with van der Waals surface area (Å²) in [6.07, 6.45) is 5.20. The van der Waals surface area contributed by atoms with Crippen molar-refractivity contribution in [2.75, 3.05) is 0 Å². The van der Waals surface area contributed by atoms with Gasteiger partial charge in [0.05, 0.1) is 0 Å². The maximum atomic E-state index is 13.8. The van der Waals surface area contributed by atoms with Gasteiger partial charge in [0.15, 0.2) is 11.8 Å². The summed E-state index contributed by atoms with van der Waals surface area (Å²) >= 11 is 0. The summed E-state index contributed by atoms with van der Waals surface area (Å²) in [5.74, 6) is -0.638. The van der Waals surface area contributed by atoms with E-state index in [9.17, 15) is 14.4 Å². The van der Waals surface area contributed by atoms with E-state index in [1.165, 1.54) is 0 Å². The topological polar surface area (TPSA) is 122 Å². The highest BCUT2D eigenvalue weighted by molar-refractivity contribution is 5.88. The Morgan fingerprint density at radius 1 is 1.02 bits per heavy atom. The average molecular weight is 630 g/mol. The van der Waals surface area contributed by atoms with Crippen molar-refractivity contribution in [1.82, 2.24) is 14.9 Å². The van der Waals surface area contributed by atoms with E-state index in [0.29, 0.717) is 12.8 Å². The number of nitrogens with one attached hydrogen (secondary N) is 1. The summed E-state index contributed by atoms with van der Waals surface area (Å²) < 4.78 is 24.7. The molecule has 1 saturated carbocycles. The van der Waals surface area contributed by atoms with Crippen LogP contribution in [0.1, 0.15) is 91.7 Å². The minimum Gasteiger partial charge on any atom is -0.456 e. The van der Waals surface area contributed by atoms with Crippen LogP contribution in [0.5, 0.6) is 0 Å². The van der Waals surface area contributed by atoms with Crippen LogP contribution in [0.15, 0.2) is 65.2 Å². The van der Waals surface area contributed by atoms with E-state index in [1.54, 1.807) is 6.92 Å². The number of ether oxygens (including phenoxy) is 3. The number of benzene rings is 2. The molecule has 1 amide bonds. The van der Waals surface area contributed by atoms with E-state index in [1.807, 2.05) is 86.3 Å². The van der Waals surface area contributed by atoms with E-state index in [-0.39, 0.29) is 36.0 Å². The molecule has 0 radical (unpaired) electrons. The summed E-state index contributed by atoms with van der Waals surface area (Å²) in [4.78, 5) is 44.2. The molecule has 1 aliphatic rings. The third-order valence-electron chi connectivity index (χ3n) is 8.27. The molecule has 0 bridgehead atoms. The van der Waals surface area contributed by atoms with Crippen LogP contribution in [0.3, 0.4) is 0 Å². The Hall–Kier alpha value is -4.60. The number of aryl methyl sites for hydroxylation is 2. The first-order valence-electron chi connectivity index (χ1n) is 16.1. The lowest BCUT2D eigenvalue weighted by Crippen LogP contribution is -2.41. The molecular formula is C36H43N3O7. The van der Waals surface area contributed by atoms with Gasteiger partial charge in [-0.05, 0) is 62.1 Å². The predicted molar refractivity (Wildman–Crippen MR) is 172 cm³/mol. The number of rotatable bonds is 12. The zero-order chi connectivity index (χ0) is 32.6. The molecule has 244 valence electrons. The molecule has 5 rings (SSSR count). The molecule has 0 saturated heterocycles. The van der Waals surface area contributed by atoms with Gasteiger partial charge < -0.3 is 28.5 Å². The normalized spacial score (nSPS) is 15.0. The fraction of sp³-hybridized carbons (Fsp3) is 0.444. The third-order valence-corrected chi connectivity index (χ3v) is 8.27. The van der Waals surface area contributed by atoms with Gasteiger partial charge in [0.2, 0.25) is 5.89 Å². The summed E-state index contributed by atoms with van der Waals surface area (Å²) in [6.45, 7) is 5.63. The van der Waals surface area contributed by atoms with Crippen molar-refractivity contribution < 1.29 is 33.0 Å². The van der Waals surface area contributed by atoms with Crippen molar-refractivity contribution >= 4 is 28.9 Å². The lowest BCUT2D eigenvalue weighted by Gasteiger charge is -2.25. The minimum atomic E-state index is -1.09. The van der Waals surface area contributed by atoms with Crippen LogP contribution in [0.4, 0.5) is 4.79 Å².